The van der Waals surface area contributed by atoms with Crippen molar-refractivity contribution in [3.8, 4) is 0 Å². The molecule has 2 aromatic carbocycles. The van der Waals surface area contributed by atoms with Gasteiger partial charge in [-0.1, -0.05) is 15.9 Å². The van der Waals surface area contributed by atoms with Gasteiger partial charge in [-0.25, -0.2) is 9.18 Å². The van der Waals surface area contributed by atoms with E-state index in [1.165, 1.54) is 12.1 Å². The summed E-state index contributed by atoms with van der Waals surface area (Å²) in [5, 5.41) is 12.1. The molecule has 0 radical (unpaired) electrons. The minimum Gasteiger partial charge on any atom is -0.478 e. The van der Waals surface area contributed by atoms with E-state index >= 15 is 0 Å². The van der Waals surface area contributed by atoms with Crippen molar-refractivity contribution in [3.63, 3.8) is 0 Å². The molecule has 110 valence electrons. The van der Waals surface area contributed by atoms with Crippen LogP contribution in [0.4, 0.5) is 15.8 Å². The van der Waals surface area contributed by atoms with Gasteiger partial charge in [0.15, 0.2) is 0 Å². The topological polar surface area (TPSA) is 75.3 Å². The molecule has 2 aromatic rings. The Morgan fingerprint density at radius 3 is 2.76 bits per heavy atom. The van der Waals surface area contributed by atoms with Crippen LogP contribution < -0.4 is 11.1 Å². The summed E-state index contributed by atoms with van der Waals surface area (Å²) in [6.45, 7) is 1.97. The summed E-state index contributed by atoms with van der Waals surface area (Å²) in [4.78, 5) is 11.1. The molecule has 0 amide bonds. The van der Waals surface area contributed by atoms with Crippen molar-refractivity contribution in [3.05, 3.63) is 57.3 Å². The second-order valence-corrected chi connectivity index (χ2v) is 5.56. The van der Waals surface area contributed by atoms with Crippen molar-refractivity contribution >= 4 is 33.3 Å². The average molecular weight is 353 g/mol. The average Bonchev–Trinajstić information content (AvgIpc) is 2.43. The number of carboxylic acids is 1. The van der Waals surface area contributed by atoms with Crippen LogP contribution in [0.2, 0.25) is 0 Å². The molecule has 6 heteroatoms. The van der Waals surface area contributed by atoms with E-state index in [2.05, 4.69) is 21.2 Å². The van der Waals surface area contributed by atoms with E-state index < -0.39 is 5.97 Å². The molecule has 4 nitrogen and oxygen atoms in total. The van der Waals surface area contributed by atoms with Crippen molar-refractivity contribution < 1.29 is 14.3 Å². The number of aryl methyl sites for hydroxylation is 1. The maximum atomic E-state index is 13.6. The lowest BCUT2D eigenvalue weighted by atomic mass is 10.1. The Morgan fingerprint density at radius 2 is 2.10 bits per heavy atom. The first kappa shape index (κ1) is 15.3. The molecular weight excluding hydrogens is 339 g/mol. The summed E-state index contributed by atoms with van der Waals surface area (Å²) < 4.78 is 14.4. The Morgan fingerprint density at radius 1 is 1.38 bits per heavy atom. The maximum Gasteiger partial charge on any atom is 0.337 e. The van der Waals surface area contributed by atoms with E-state index in [9.17, 15) is 9.18 Å². The third-order valence-corrected chi connectivity index (χ3v) is 3.60. The molecule has 4 N–H and O–H groups in total. The van der Waals surface area contributed by atoms with Crippen LogP contribution >= 0.6 is 15.9 Å². The Bertz CT molecular complexity index is 704. The first-order valence-electron chi connectivity index (χ1n) is 6.19. The summed E-state index contributed by atoms with van der Waals surface area (Å²) in [6.07, 6.45) is 0. The maximum absolute atomic E-state index is 13.6. The molecule has 0 atom stereocenters. The molecule has 0 heterocycles. The van der Waals surface area contributed by atoms with E-state index in [0.717, 1.165) is 4.47 Å². The Hall–Kier alpha value is -2.08. The zero-order chi connectivity index (χ0) is 15.6. The Kier molecular flexibility index (Phi) is 4.47. The summed E-state index contributed by atoms with van der Waals surface area (Å²) in [5.41, 5.74) is 7.72. The lowest BCUT2D eigenvalue weighted by molar-refractivity contribution is 0.0698. The SMILES string of the molecule is Cc1cc(NCc2cc(Br)ccc2F)cc(C(=O)O)c1N. The van der Waals surface area contributed by atoms with E-state index in [0.29, 0.717) is 16.8 Å². The summed E-state index contributed by atoms with van der Waals surface area (Å²) in [6, 6.07) is 7.84. The number of nitrogen functional groups attached to an aromatic ring is 1. The molecule has 0 spiro atoms. The summed E-state index contributed by atoms with van der Waals surface area (Å²) in [5.74, 6) is -1.41. The van der Waals surface area contributed by atoms with E-state index in [1.54, 1.807) is 25.1 Å². The lowest BCUT2D eigenvalue weighted by Crippen LogP contribution is -2.07. The van der Waals surface area contributed by atoms with Crippen molar-refractivity contribution in [2.45, 2.75) is 13.5 Å². The number of hydrogen-bond acceptors (Lipinski definition) is 3. The van der Waals surface area contributed by atoms with Crippen LogP contribution in [0, 0.1) is 12.7 Å². The lowest BCUT2D eigenvalue weighted by Gasteiger charge is -2.12. The van der Waals surface area contributed by atoms with Gasteiger partial charge in [-0.2, -0.15) is 0 Å². The van der Waals surface area contributed by atoms with Gasteiger partial charge in [0.1, 0.15) is 5.82 Å². The monoisotopic (exact) mass is 352 g/mol. The first-order valence-corrected chi connectivity index (χ1v) is 6.99. The third kappa shape index (κ3) is 3.52. The van der Waals surface area contributed by atoms with Gasteiger partial charge in [-0.15, -0.1) is 0 Å². The molecule has 0 bridgehead atoms. The van der Waals surface area contributed by atoms with Crippen molar-refractivity contribution in [1.82, 2.24) is 0 Å². The van der Waals surface area contributed by atoms with Gasteiger partial charge in [-0.3, -0.25) is 0 Å². The van der Waals surface area contributed by atoms with Crippen LogP contribution in [-0.4, -0.2) is 11.1 Å². The van der Waals surface area contributed by atoms with Crippen LogP contribution in [0.1, 0.15) is 21.5 Å². The molecule has 0 unspecified atom stereocenters. The number of hydrogen-bond donors (Lipinski definition) is 3. The van der Waals surface area contributed by atoms with Crippen LogP contribution in [0.3, 0.4) is 0 Å². The number of nitrogens with two attached hydrogens (primary N) is 1. The number of carbonyl (C=O) groups is 1. The van der Waals surface area contributed by atoms with Gasteiger partial charge < -0.3 is 16.2 Å². The fourth-order valence-electron chi connectivity index (χ4n) is 1.95. The number of benzene rings is 2. The number of halogens is 2. The second-order valence-electron chi connectivity index (χ2n) is 4.65. The normalized spacial score (nSPS) is 10.4. The highest BCUT2D eigenvalue weighted by molar-refractivity contribution is 9.10. The highest BCUT2D eigenvalue weighted by atomic mass is 79.9. The van der Waals surface area contributed by atoms with Crippen LogP contribution in [-0.2, 0) is 6.54 Å². The molecule has 0 aliphatic carbocycles. The van der Waals surface area contributed by atoms with E-state index in [-0.39, 0.29) is 23.6 Å². The minimum atomic E-state index is -1.09. The molecule has 0 aromatic heterocycles. The van der Waals surface area contributed by atoms with Gasteiger partial charge in [0, 0.05) is 28.0 Å². The summed E-state index contributed by atoms with van der Waals surface area (Å²) >= 11 is 3.29. The Labute approximate surface area is 129 Å². The second kappa shape index (κ2) is 6.13. The number of nitrogens with one attached hydrogen (secondary N) is 1. The molecule has 2 rings (SSSR count). The largest absolute Gasteiger partial charge is 0.478 e. The standard InChI is InChI=1S/C15H14BrFN2O2/c1-8-4-11(6-12(14(8)18)15(20)21)19-7-9-5-10(16)2-3-13(9)17/h2-6,19H,7,18H2,1H3,(H,20,21). The van der Waals surface area contributed by atoms with Gasteiger partial charge in [-0.05, 0) is 42.8 Å². The van der Waals surface area contributed by atoms with E-state index in [4.69, 9.17) is 10.8 Å². The summed E-state index contributed by atoms with van der Waals surface area (Å²) in [7, 11) is 0. The van der Waals surface area contributed by atoms with Gasteiger partial charge in [0.25, 0.3) is 0 Å². The zero-order valence-corrected chi connectivity index (χ0v) is 12.9. The molecule has 0 aliphatic rings. The van der Waals surface area contributed by atoms with Crippen molar-refractivity contribution in [2.24, 2.45) is 0 Å². The van der Waals surface area contributed by atoms with Crippen molar-refractivity contribution in [1.29, 1.82) is 0 Å². The van der Waals surface area contributed by atoms with Crippen LogP contribution in [0.25, 0.3) is 0 Å². The zero-order valence-electron chi connectivity index (χ0n) is 11.3. The number of anilines is 2. The quantitative estimate of drug-likeness (QED) is 0.731. The molecule has 0 aliphatic heterocycles. The van der Waals surface area contributed by atoms with Gasteiger partial charge >= 0.3 is 5.97 Å². The predicted octanol–water partition coefficient (Wildman–Crippen LogP) is 3.79. The number of carboxylic acid groups (broad SMARTS) is 1. The highest BCUT2D eigenvalue weighted by Gasteiger charge is 2.12. The molecule has 21 heavy (non-hydrogen) atoms. The van der Waals surface area contributed by atoms with Crippen LogP contribution in [0.5, 0.6) is 0 Å². The van der Waals surface area contributed by atoms with E-state index in [1.807, 2.05) is 0 Å². The highest BCUT2D eigenvalue weighted by Crippen LogP contribution is 2.24. The fraction of sp³-hybridized carbons (Fsp3) is 0.133. The Balaban J connectivity index is 2.24. The molecular formula is C15H14BrFN2O2. The molecule has 0 saturated carbocycles. The predicted molar refractivity (Wildman–Crippen MR) is 84.0 cm³/mol. The molecule has 0 fully saturated rings. The minimum absolute atomic E-state index is 0.0345. The van der Waals surface area contributed by atoms with Crippen molar-refractivity contribution in [2.75, 3.05) is 11.1 Å². The number of rotatable bonds is 4. The van der Waals surface area contributed by atoms with Gasteiger partial charge in [0.2, 0.25) is 0 Å². The van der Waals surface area contributed by atoms with Crippen LogP contribution in [0.15, 0.2) is 34.8 Å². The third-order valence-electron chi connectivity index (χ3n) is 3.11. The molecule has 0 saturated heterocycles. The first-order chi connectivity index (χ1) is 9.88. The van der Waals surface area contributed by atoms with Gasteiger partial charge in [0.05, 0.1) is 5.56 Å². The number of aromatic carboxylic acids is 1. The fourth-order valence-corrected chi connectivity index (χ4v) is 2.36. The smallest absolute Gasteiger partial charge is 0.337 e.